The molecule has 1 N–H and O–H groups in total. The van der Waals surface area contributed by atoms with E-state index < -0.39 is 0 Å². The van der Waals surface area contributed by atoms with E-state index in [-0.39, 0.29) is 5.95 Å². The third-order valence-corrected chi connectivity index (χ3v) is 3.49. The van der Waals surface area contributed by atoms with Crippen LogP contribution in [0.25, 0.3) is 10.9 Å². The first-order valence-electron chi connectivity index (χ1n) is 6.95. The monoisotopic (exact) mass is 307 g/mol. The van der Waals surface area contributed by atoms with Crippen LogP contribution in [-0.2, 0) is 0 Å². The molecule has 7 heteroatoms. The summed E-state index contributed by atoms with van der Waals surface area (Å²) in [6.07, 6.45) is 0. The number of fused-ring (bicyclic) bond motifs is 1. The number of aromatic nitrogens is 2. The highest BCUT2D eigenvalue weighted by Crippen LogP contribution is 2.30. The summed E-state index contributed by atoms with van der Waals surface area (Å²) >= 11 is 0. The maximum Gasteiger partial charge on any atom is 0.339 e. The van der Waals surface area contributed by atoms with Gasteiger partial charge in [0.1, 0.15) is 17.1 Å². The molecule has 2 aromatic carbocycles. The Kier molecular flexibility index (Phi) is 3.95. The molecule has 0 unspecified atom stereocenters. The van der Waals surface area contributed by atoms with Gasteiger partial charge in [-0.2, -0.15) is 4.98 Å². The first-order valence-corrected chi connectivity index (χ1v) is 6.95. The van der Waals surface area contributed by atoms with Crippen molar-refractivity contribution in [2.75, 3.05) is 19.1 Å². The van der Waals surface area contributed by atoms with E-state index in [2.05, 4.69) is 20.0 Å². The summed E-state index contributed by atoms with van der Waals surface area (Å²) in [5.41, 5.74) is 8.58. The van der Waals surface area contributed by atoms with E-state index in [0.717, 1.165) is 22.3 Å². The van der Waals surface area contributed by atoms with Crippen LogP contribution in [0.5, 0.6) is 5.75 Å². The lowest BCUT2D eigenvalue weighted by molar-refractivity contribution is 0.415. The number of nitrogens with one attached hydrogen (secondary N) is 1. The van der Waals surface area contributed by atoms with Gasteiger partial charge in [0.05, 0.1) is 12.6 Å². The summed E-state index contributed by atoms with van der Waals surface area (Å²) in [5, 5.41) is 4.54. The molecule has 0 aliphatic heterocycles. The molecule has 0 amide bonds. The summed E-state index contributed by atoms with van der Waals surface area (Å²) in [5.74, 6) is 1.65. The van der Waals surface area contributed by atoms with E-state index in [1.807, 2.05) is 60.5 Å². The minimum atomic E-state index is 0.161. The lowest BCUT2D eigenvalue weighted by Gasteiger charge is -2.20. The average molecular weight is 307 g/mol. The Morgan fingerprint density at radius 2 is 1.83 bits per heavy atom. The molecular weight excluding hydrogens is 292 g/mol. The van der Waals surface area contributed by atoms with Gasteiger partial charge in [-0.1, -0.05) is 12.1 Å². The summed E-state index contributed by atoms with van der Waals surface area (Å²) < 4.78 is 5.18. The second-order valence-corrected chi connectivity index (χ2v) is 4.82. The Morgan fingerprint density at radius 3 is 2.52 bits per heavy atom. The lowest BCUT2D eigenvalue weighted by atomic mass is 10.2. The van der Waals surface area contributed by atoms with Gasteiger partial charge in [-0.15, -0.1) is 0 Å². The van der Waals surface area contributed by atoms with Gasteiger partial charge in [0, 0.05) is 18.1 Å². The summed E-state index contributed by atoms with van der Waals surface area (Å²) in [4.78, 5) is 13.7. The zero-order chi connectivity index (χ0) is 16.2. The third-order valence-electron chi connectivity index (χ3n) is 3.49. The van der Waals surface area contributed by atoms with E-state index in [1.165, 1.54) is 0 Å². The van der Waals surface area contributed by atoms with Crippen molar-refractivity contribution in [1.82, 2.24) is 14.9 Å². The molecule has 0 atom stereocenters. The molecule has 0 radical (unpaired) electrons. The Hall–Kier alpha value is -3.31. The number of benzene rings is 2. The quantitative estimate of drug-likeness (QED) is 0.589. The van der Waals surface area contributed by atoms with Crippen molar-refractivity contribution < 1.29 is 4.74 Å². The molecule has 0 aliphatic rings. The maximum absolute atomic E-state index is 6.89. The first-order chi connectivity index (χ1) is 11.2. The van der Waals surface area contributed by atoms with Gasteiger partial charge in [-0.25, -0.2) is 4.98 Å². The van der Waals surface area contributed by atoms with Crippen LogP contribution in [0, 0.1) is 5.53 Å². The van der Waals surface area contributed by atoms with Gasteiger partial charge in [-0.3, -0.25) is 0 Å². The van der Waals surface area contributed by atoms with Gasteiger partial charge < -0.3 is 9.64 Å². The molecule has 0 fully saturated rings. The van der Waals surface area contributed by atoms with Crippen molar-refractivity contribution in [3.63, 3.8) is 0 Å². The van der Waals surface area contributed by atoms with Crippen LogP contribution in [0.1, 0.15) is 0 Å². The average Bonchev–Trinajstić information content (AvgIpc) is 2.61. The summed E-state index contributed by atoms with van der Waals surface area (Å²) in [6, 6.07) is 15.3. The summed E-state index contributed by atoms with van der Waals surface area (Å²) in [7, 11) is 3.55. The SMILES string of the molecule is COc1ccc(N(C)c2nc(N=[N+]=N)nc3ccccc23)cc1. The molecular formula is C16H15N6O+. The van der Waals surface area contributed by atoms with Crippen LogP contribution < -0.4 is 14.5 Å². The highest BCUT2D eigenvalue weighted by molar-refractivity contribution is 5.92. The van der Waals surface area contributed by atoms with Crippen molar-refractivity contribution in [3.8, 4) is 5.75 Å². The third kappa shape index (κ3) is 2.86. The standard InChI is InChI=1S/C16H15N6O/c1-22(11-7-9-12(23-2)10-8-11)15-13-5-3-4-6-14(13)18-16(19-15)20-21-17/h3-10,17H,1-2H3/q+1. The largest absolute Gasteiger partial charge is 0.497 e. The Morgan fingerprint density at radius 1 is 1.09 bits per heavy atom. The predicted molar refractivity (Wildman–Crippen MR) is 87.5 cm³/mol. The molecule has 3 rings (SSSR count). The van der Waals surface area contributed by atoms with Crippen LogP contribution in [-0.4, -0.2) is 24.1 Å². The highest BCUT2D eigenvalue weighted by Gasteiger charge is 2.14. The molecule has 0 saturated heterocycles. The van der Waals surface area contributed by atoms with Crippen LogP contribution >= 0.6 is 0 Å². The smallest absolute Gasteiger partial charge is 0.339 e. The molecule has 3 aromatic rings. The van der Waals surface area contributed by atoms with Gasteiger partial charge in [-0.05, 0) is 36.4 Å². The van der Waals surface area contributed by atoms with Crippen LogP contribution in [0.15, 0.2) is 53.6 Å². The maximum atomic E-state index is 6.89. The molecule has 23 heavy (non-hydrogen) atoms. The van der Waals surface area contributed by atoms with E-state index in [1.54, 1.807) is 7.11 Å². The molecule has 1 heterocycles. The Balaban J connectivity index is 2.14. The zero-order valence-corrected chi connectivity index (χ0v) is 12.8. The number of nitrogens with zero attached hydrogens (tertiary/aromatic N) is 5. The first kappa shape index (κ1) is 14.6. The second-order valence-electron chi connectivity index (χ2n) is 4.82. The normalized spacial score (nSPS) is 10.2. The van der Waals surface area contributed by atoms with E-state index in [9.17, 15) is 0 Å². The second kappa shape index (κ2) is 6.21. The zero-order valence-electron chi connectivity index (χ0n) is 12.8. The molecule has 7 nitrogen and oxygen atoms in total. The van der Waals surface area contributed by atoms with Crippen LogP contribution in [0.3, 0.4) is 0 Å². The Labute approximate surface area is 132 Å². The van der Waals surface area contributed by atoms with E-state index >= 15 is 0 Å². The van der Waals surface area contributed by atoms with Gasteiger partial charge in [0.25, 0.3) is 0 Å². The minimum absolute atomic E-state index is 0.161. The van der Waals surface area contributed by atoms with Crippen LogP contribution in [0.2, 0.25) is 0 Å². The Bertz CT molecular complexity index is 887. The molecule has 0 aliphatic carbocycles. The molecule has 0 saturated carbocycles. The van der Waals surface area contributed by atoms with Crippen molar-refractivity contribution in [2.45, 2.75) is 0 Å². The lowest BCUT2D eigenvalue weighted by Crippen LogP contribution is -2.12. The van der Waals surface area contributed by atoms with Gasteiger partial charge in [0.2, 0.25) is 4.91 Å². The van der Waals surface area contributed by atoms with Crippen LogP contribution in [0.4, 0.5) is 17.5 Å². The molecule has 0 spiro atoms. The topological polar surface area (TPSA) is 88.6 Å². The number of hydrogen-bond acceptors (Lipinski definition) is 6. The molecule has 0 bridgehead atoms. The predicted octanol–water partition coefficient (Wildman–Crippen LogP) is 3.59. The minimum Gasteiger partial charge on any atom is -0.497 e. The number of rotatable bonds is 4. The van der Waals surface area contributed by atoms with E-state index in [0.29, 0.717) is 5.82 Å². The number of hydrogen-bond donors (Lipinski definition) is 1. The number of ether oxygens (including phenoxy) is 1. The van der Waals surface area contributed by atoms with Crippen molar-refractivity contribution >= 4 is 28.4 Å². The molecule has 1 aromatic heterocycles. The fraction of sp³-hybridized carbons (Fsp3) is 0.125. The van der Waals surface area contributed by atoms with E-state index in [4.69, 9.17) is 10.3 Å². The summed E-state index contributed by atoms with van der Waals surface area (Å²) in [6.45, 7) is 0. The van der Waals surface area contributed by atoms with Crippen molar-refractivity contribution in [1.29, 1.82) is 5.53 Å². The fourth-order valence-corrected chi connectivity index (χ4v) is 2.32. The fourth-order valence-electron chi connectivity index (χ4n) is 2.32. The van der Waals surface area contributed by atoms with Gasteiger partial charge >= 0.3 is 5.95 Å². The highest BCUT2D eigenvalue weighted by atomic mass is 16.5. The van der Waals surface area contributed by atoms with Crippen molar-refractivity contribution in [2.24, 2.45) is 5.11 Å². The van der Waals surface area contributed by atoms with Gasteiger partial charge in [0.15, 0.2) is 5.11 Å². The number of methoxy groups -OCH3 is 1. The molecule has 114 valence electrons. The number of anilines is 2. The number of para-hydroxylation sites is 1. The van der Waals surface area contributed by atoms with Crippen molar-refractivity contribution in [3.05, 3.63) is 48.5 Å².